The summed E-state index contributed by atoms with van der Waals surface area (Å²) in [6.45, 7) is 4.29. The molecule has 35 heavy (non-hydrogen) atoms. The first-order valence-corrected chi connectivity index (χ1v) is 14.0. The number of benzene rings is 2. The van der Waals surface area contributed by atoms with Crippen LogP contribution >= 0.6 is 0 Å². The lowest BCUT2D eigenvalue weighted by Gasteiger charge is -2.25. The van der Waals surface area contributed by atoms with E-state index in [9.17, 15) is 13.2 Å². The Morgan fingerprint density at radius 1 is 1.00 bits per heavy atom. The highest BCUT2D eigenvalue weighted by molar-refractivity contribution is 7.89. The SMILES string of the molecule is O=C(NCCS(=O)(=O)N1CCCCC1)c1ccc2c(c1)Cc1cccc(c1)CNCCOCCO2. The van der Waals surface area contributed by atoms with Gasteiger partial charge in [-0.25, -0.2) is 12.7 Å². The van der Waals surface area contributed by atoms with Crippen molar-refractivity contribution in [1.82, 2.24) is 14.9 Å². The number of nitrogens with zero attached hydrogens (tertiary/aromatic N) is 1. The van der Waals surface area contributed by atoms with E-state index in [0.717, 1.165) is 49.2 Å². The van der Waals surface area contributed by atoms with E-state index in [-0.39, 0.29) is 18.2 Å². The average molecular weight is 502 g/mol. The fraction of sp³-hybridized carbons (Fsp3) is 0.500. The summed E-state index contributed by atoms with van der Waals surface area (Å²) in [5.41, 5.74) is 3.71. The standard InChI is InChI=1S/C26H35N3O5S/c30-26(28-10-16-35(31,32)29-11-2-1-3-12-29)23-7-8-25-24(19-23)18-21-5-4-6-22(17-21)20-27-9-13-33-14-15-34-25/h4-8,17,19,27H,1-3,9-16,18,20H2,(H,28,30). The summed E-state index contributed by atoms with van der Waals surface area (Å²) in [6.07, 6.45) is 3.48. The molecule has 9 heteroatoms. The molecule has 190 valence electrons. The average Bonchev–Trinajstić information content (AvgIpc) is 2.86. The molecule has 1 amide bonds. The quantitative estimate of drug-likeness (QED) is 0.653. The first kappa shape index (κ1) is 25.6. The molecule has 1 saturated heterocycles. The fourth-order valence-electron chi connectivity index (χ4n) is 4.43. The number of piperidine rings is 1. The van der Waals surface area contributed by atoms with Crippen LogP contribution < -0.4 is 15.4 Å². The smallest absolute Gasteiger partial charge is 0.251 e. The second-order valence-corrected chi connectivity index (χ2v) is 11.1. The van der Waals surface area contributed by atoms with Crippen molar-refractivity contribution in [2.24, 2.45) is 0 Å². The molecular formula is C26H35N3O5S. The Morgan fingerprint density at radius 2 is 1.83 bits per heavy atom. The van der Waals surface area contributed by atoms with Crippen LogP contribution in [0.3, 0.4) is 0 Å². The summed E-state index contributed by atoms with van der Waals surface area (Å²) in [6, 6.07) is 13.7. The molecule has 8 nitrogen and oxygen atoms in total. The summed E-state index contributed by atoms with van der Waals surface area (Å²) in [4.78, 5) is 12.8. The molecule has 0 radical (unpaired) electrons. The minimum absolute atomic E-state index is 0.0810. The molecule has 4 rings (SSSR count). The van der Waals surface area contributed by atoms with Crippen LogP contribution in [0.2, 0.25) is 0 Å². The molecule has 2 N–H and O–H groups in total. The van der Waals surface area contributed by atoms with Gasteiger partial charge in [-0.15, -0.1) is 0 Å². The third-order valence-electron chi connectivity index (χ3n) is 6.30. The normalized spacial score (nSPS) is 18.1. The second kappa shape index (κ2) is 12.5. The molecule has 2 aliphatic rings. The van der Waals surface area contributed by atoms with Crippen molar-refractivity contribution in [2.45, 2.75) is 32.2 Å². The zero-order valence-corrected chi connectivity index (χ0v) is 20.9. The third-order valence-corrected chi connectivity index (χ3v) is 8.17. The lowest BCUT2D eigenvalue weighted by atomic mass is 10.00. The highest BCUT2D eigenvalue weighted by Gasteiger charge is 2.23. The van der Waals surface area contributed by atoms with Gasteiger partial charge in [0.1, 0.15) is 12.4 Å². The Morgan fingerprint density at radius 3 is 2.69 bits per heavy atom. The van der Waals surface area contributed by atoms with Gasteiger partial charge in [0.2, 0.25) is 10.0 Å². The number of hydrogen-bond acceptors (Lipinski definition) is 6. The van der Waals surface area contributed by atoms with Crippen LogP contribution in [0.5, 0.6) is 5.75 Å². The predicted octanol–water partition coefficient (Wildman–Crippen LogP) is 2.32. The largest absolute Gasteiger partial charge is 0.491 e. The topological polar surface area (TPSA) is 97.0 Å². The zero-order valence-electron chi connectivity index (χ0n) is 20.1. The van der Waals surface area contributed by atoms with Gasteiger partial charge in [-0.2, -0.15) is 0 Å². The van der Waals surface area contributed by atoms with Gasteiger partial charge in [-0.1, -0.05) is 30.7 Å². The van der Waals surface area contributed by atoms with Gasteiger partial charge >= 0.3 is 0 Å². The number of carbonyl (C=O) groups is 1. The highest BCUT2D eigenvalue weighted by Crippen LogP contribution is 2.24. The number of ether oxygens (including phenoxy) is 2. The fourth-order valence-corrected chi connectivity index (χ4v) is 5.86. The molecule has 0 saturated carbocycles. The minimum atomic E-state index is -3.35. The van der Waals surface area contributed by atoms with Crippen molar-refractivity contribution < 1.29 is 22.7 Å². The summed E-state index contributed by atoms with van der Waals surface area (Å²) < 4.78 is 38.2. The second-order valence-electron chi connectivity index (χ2n) is 8.99. The Bertz CT molecular complexity index is 1100. The van der Waals surface area contributed by atoms with Crippen LogP contribution in [-0.4, -0.2) is 70.4 Å². The van der Waals surface area contributed by atoms with E-state index >= 15 is 0 Å². The maximum absolute atomic E-state index is 12.8. The van der Waals surface area contributed by atoms with E-state index in [4.69, 9.17) is 9.47 Å². The van der Waals surface area contributed by atoms with Crippen molar-refractivity contribution in [3.63, 3.8) is 0 Å². The van der Waals surface area contributed by atoms with Crippen molar-refractivity contribution in [1.29, 1.82) is 0 Å². The number of carbonyl (C=O) groups excluding carboxylic acids is 1. The van der Waals surface area contributed by atoms with Gasteiger partial charge in [0.25, 0.3) is 5.91 Å². The molecule has 2 aliphatic heterocycles. The summed E-state index contributed by atoms with van der Waals surface area (Å²) >= 11 is 0. The van der Waals surface area contributed by atoms with Gasteiger partial charge in [-0.05, 0) is 47.7 Å². The Kier molecular flexibility index (Phi) is 9.14. The molecule has 0 spiro atoms. The van der Waals surface area contributed by atoms with Gasteiger partial charge in [0, 0.05) is 44.7 Å². The third kappa shape index (κ3) is 7.51. The number of sulfonamides is 1. The first-order chi connectivity index (χ1) is 17.0. The molecule has 0 unspecified atom stereocenters. The molecule has 0 aliphatic carbocycles. The molecule has 2 aromatic rings. The van der Waals surface area contributed by atoms with Crippen molar-refractivity contribution in [3.05, 3.63) is 64.7 Å². The van der Waals surface area contributed by atoms with Gasteiger partial charge in [0.15, 0.2) is 0 Å². The van der Waals surface area contributed by atoms with E-state index in [1.165, 1.54) is 5.56 Å². The van der Waals surface area contributed by atoms with Gasteiger partial charge in [0.05, 0.1) is 19.0 Å². The van der Waals surface area contributed by atoms with Crippen LogP contribution in [0.1, 0.15) is 46.3 Å². The zero-order chi connectivity index (χ0) is 24.5. The van der Waals surface area contributed by atoms with E-state index in [0.29, 0.717) is 44.9 Å². The van der Waals surface area contributed by atoms with Crippen molar-refractivity contribution in [2.75, 3.05) is 51.8 Å². The number of fused-ring (bicyclic) bond motifs is 3. The van der Waals surface area contributed by atoms with E-state index < -0.39 is 10.0 Å². The lowest BCUT2D eigenvalue weighted by Crippen LogP contribution is -2.40. The number of hydrogen-bond donors (Lipinski definition) is 2. The summed E-state index contributed by atoms with van der Waals surface area (Å²) in [5, 5.41) is 6.15. The highest BCUT2D eigenvalue weighted by atomic mass is 32.2. The van der Waals surface area contributed by atoms with Crippen LogP contribution in [0, 0.1) is 0 Å². The van der Waals surface area contributed by atoms with Gasteiger partial charge < -0.3 is 20.1 Å². The Labute approximate surface area is 208 Å². The molecule has 1 fully saturated rings. The molecule has 2 bridgehead atoms. The number of nitrogens with one attached hydrogen (secondary N) is 2. The molecule has 0 atom stereocenters. The summed E-state index contributed by atoms with van der Waals surface area (Å²) in [7, 11) is -3.35. The first-order valence-electron chi connectivity index (χ1n) is 12.4. The molecule has 2 aromatic carbocycles. The maximum Gasteiger partial charge on any atom is 0.251 e. The van der Waals surface area contributed by atoms with Crippen LogP contribution in [0.25, 0.3) is 0 Å². The monoisotopic (exact) mass is 501 g/mol. The van der Waals surface area contributed by atoms with Gasteiger partial charge in [-0.3, -0.25) is 4.79 Å². The Hall–Kier alpha value is -2.46. The maximum atomic E-state index is 12.8. The van der Waals surface area contributed by atoms with E-state index in [1.807, 2.05) is 18.2 Å². The minimum Gasteiger partial charge on any atom is -0.491 e. The van der Waals surface area contributed by atoms with Crippen molar-refractivity contribution >= 4 is 15.9 Å². The van der Waals surface area contributed by atoms with Crippen LogP contribution in [0.4, 0.5) is 0 Å². The molecule has 2 heterocycles. The number of rotatable bonds is 5. The van der Waals surface area contributed by atoms with E-state index in [1.54, 1.807) is 10.4 Å². The molecule has 0 aromatic heterocycles. The van der Waals surface area contributed by atoms with E-state index in [2.05, 4.69) is 28.8 Å². The Balaban J connectivity index is 1.44. The number of amides is 1. The molecular weight excluding hydrogens is 466 g/mol. The predicted molar refractivity (Wildman–Crippen MR) is 135 cm³/mol. The lowest BCUT2D eigenvalue weighted by molar-refractivity contribution is 0.0954. The van der Waals surface area contributed by atoms with Crippen molar-refractivity contribution in [3.8, 4) is 5.75 Å². The van der Waals surface area contributed by atoms with Crippen LogP contribution in [0.15, 0.2) is 42.5 Å². The van der Waals surface area contributed by atoms with Crippen LogP contribution in [-0.2, 0) is 27.7 Å². The summed E-state index contributed by atoms with van der Waals surface area (Å²) in [5.74, 6) is 0.342.